The molecule has 0 aromatic carbocycles. The first-order chi connectivity index (χ1) is 7.36. The van der Waals surface area contributed by atoms with Crippen LogP contribution in [0.5, 0.6) is 0 Å². The van der Waals surface area contributed by atoms with Gasteiger partial charge in [0, 0.05) is 13.2 Å². The van der Waals surface area contributed by atoms with Crippen LogP contribution in [-0.4, -0.2) is 16.9 Å². The van der Waals surface area contributed by atoms with E-state index >= 15 is 0 Å². The Hall–Kier alpha value is -1.83. The largest absolute Gasteiger partial charge is 0.368 e. The number of fused-ring (bicyclic) bond motifs is 3. The van der Waals surface area contributed by atoms with Gasteiger partial charge in [0.05, 0.1) is 11.7 Å². The van der Waals surface area contributed by atoms with Crippen molar-refractivity contribution in [2.45, 2.75) is 6.04 Å². The minimum atomic E-state index is 0.288. The summed E-state index contributed by atoms with van der Waals surface area (Å²) in [4.78, 5) is 6.69. The molecular formula is C13H12N2. The van der Waals surface area contributed by atoms with Crippen LogP contribution in [0.1, 0.15) is 17.3 Å². The summed E-state index contributed by atoms with van der Waals surface area (Å²) < 4.78 is 0. The van der Waals surface area contributed by atoms with Crippen LogP contribution < -0.4 is 0 Å². The Morgan fingerprint density at radius 1 is 1.33 bits per heavy atom. The molecule has 1 aliphatic heterocycles. The molecule has 0 saturated carbocycles. The normalized spacial score (nSPS) is 22.1. The lowest BCUT2D eigenvalue weighted by Gasteiger charge is -2.32. The minimum absolute atomic E-state index is 0.288. The van der Waals surface area contributed by atoms with Gasteiger partial charge in [-0.25, -0.2) is 0 Å². The van der Waals surface area contributed by atoms with Gasteiger partial charge < -0.3 is 4.90 Å². The van der Waals surface area contributed by atoms with E-state index in [1.165, 1.54) is 11.1 Å². The van der Waals surface area contributed by atoms with E-state index in [-0.39, 0.29) is 6.04 Å². The van der Waals surface area contributed by atoms with E-state index < -0.39 is 0 Å². The smallest absolute Gasteiger partial charge is 0.0963 e. The number of pyridine rings is 1. The molecule has 0 saturated heterocycles. The summed E-state index contributed by atoms with van der Waals surface area (Å²) in [7, 11) is 2.09. The van der Waals surface area contributed by atoms with Gasteiger partial charge in [0.1, 0.15) is 0 Å². The molecular weight excluding hydrogens is 184 g/mol. The fraction of sp³-hybridized carbons (Fsp3) is 0.154. The molecule has 1 aromatic heterocycles. The van der Waals surface area contributed by atoms with Crippen molar-refractivity contribution in [3.8, 4) is 0 Å². The second kappa shape index (κ2) is 3.09. The number of hydrogen-bond acceptors (Lipinski definition) is 2. The molecule has 2 heterocycles. The summed E-state index contributed by atoms with van der Waals surface area (Å²) in [6.45, 7) is 0. The van der Waals surface area contributed by atoms with E-state index in [0.29, 0.717) is 0 Å². The molecule has 0 spiro atoms. The molecule has 1 aromatic rings. The third-order valence-electron chi connectivity index (χ3n) is 2.92. The highest BCUT2D eigenvalue weighted by atomic mass is 15.1. The van der Waals surface area contributed by atoms with Crippen molar-refractivity contribution in [2.24, 2.45) is 0 Å². The highest BCUT2D eigenvalue weighted by Crippen LogP contribution is 2.35. The SMILES string of the molecule is CN1C=CC=C2C=Cc3cccnc3C21. The molecule has 0 amide bonds. The maximum absolute atomic E-state index is 4.49. The van der Waals surface area contributed by atoms with Gasteiger partial charge in [-0.15, -0.1) is 0 Å². The van der Waals surface area contributed by atoms with E-state index in [4.69, 9.17) is 0 Å². The Bertz CT molecular complexity index is 483. The predicted molar refractivity (Wildman–Crippen MR) is 61.0 cm³/mol. The maximum Gasteiger partial charge on any atom is 0.0963 e. The number of likely N-dealkylation sites (N-methyl/N-ethyl adjacent to an activating group) is 1. The summed E-state index contributed by atoms with van der Waals surface area (Å²) in [5, 5.41) is 0. The first kappa shape index (κ1) is 8.48. The van der Waals surface area contributed by atoms with Gasteiger partial charge in [0.15, 0.2) is 0 Å². The van der Waals surface area contributed by atoms with Gasteiger partial charge in [-0.1, -0.05) is 24.3 Å². The van der Waals surface area contributed by atoms with E-state index in [9.17, 15) is 0 Å². The van der Waals surface area contributed by atoms with E-state index in [1.807, 2.05) is 12.3 Å². The quantitative estimate of drug-likeness (QED) is 0.634. The molecule has 0 bridgehead atoms. The number of hydrogen-bond donors (Lipinski definition) is 0. The van der Waals surface area contributed by atoms with Crippen LogP contribution in [0.2, 0.25) is 0 Å². The Kier molecular flexibility index (Phi) is 1.75. The van der Waals surface area contributed by atoms with Gasteiger partial charge in [0.2, 0.25) is 0 Å². The predicted octanol–water partition coefficient (Wildman–Crippen LogP) is 2.54. The second-order valence-corrected chi connectivity index (χ2v) is 3.89. The number of aromatic nitrogens is 1. The minimum Gasteiger partial charge on any atom is -0.368 e. The average Bonchev–Trinajstić information content (AvgIpc) is 2.29. The van der Waals surface area contributed by atoms with Gasteiger partial charge in [-0.3, -0.25) is 4.98 Å². The van der Waals surface area contributed by atoms with Crippen molar-refractivity contribution in [3.05, 3.63) is 59.6 Å². The third-order valence-corrected chi connectivity index (χ3v) is 2.92. The summed E-state index contributed by atoms with van der Waals surface area (Å²) >= 11 is 0. The van der Waals surface area contributed by atoms with Crippen LogP contribution in [0.3, 0.4) is 0 Å². The van der Waals surface area contributed by atoms with Crippen LogP contribution in [0.4, 0.5) is 0 Å². The Balaban J connectivity index is 2.19. The molecule has 74 valence electrons. The maximum atomic E-state index is 4.49. The van der Waals surface area contributed by atoms with Crippen molar-refractivity contribution >= 4 is 6.08 Å². The van der Waals surface area contributed by atoms with Gasteiger partial charge in [-0.2, -0.15) is 0 Å². The summed E-state index contributed by atoms with van der Waals surface area (Å²) in [6, 6.07) is 4.38. The monoisotopic (exact) mass is 196 g/mol. The fourth-order valence-corrected chi connectivity index (χ4v) is 2.19. The van der Waals surface area contributed by atoms with Crippen LogP contribution in [0.25, 0.3) is 6.08 Å². The molecule has 2 nitrogen and oxygen atoms in total. The average molecular weight is 196 g/mol. The topological polar surface area (TPSA) is 16.1 Å². The highest BCUT2D eigenvalue weighted by Gasteiger charge is 2.25. The molecule has 0 fully saturated rings. The van der Waals surface area contributed by atoms with Gasteiger partial charge in [-0.05, 0) is 29.5 Å². The van der Waals surface area contributed by atoms with Crippen molar-refractivity contribution in [2.75, 3.05) is 7.05 Å². The molecule has 3 rings (SSSR count). The third kappa shape index (κ3) is 1.22. The standard InChI is InChI=1S/C13H12N2/c1-15-9-3-5-11-7-6-10-4-2-8-14-12(10)13(11)15/h2-9,13H,1H3. The van der Waals surface area contributed by atoms with E-state index in [1.54, 1.807) is 0 Å². The fourth-order valence-electron chi connectivity index (χ4n) is 2.19. The zero-order valence-electron chi connectivity index (χ0n) is 8.59. The van der Waals surface area contributed by atoms with E-state index in [0.717, 1.165) is 5.69 Å². The Morgan fingerprint density at radius 2 is 2.27 bits per heavy atom. The van der Waals surface area contributed by atoms with Crippen LogP contribution in [0, 0.1) is 0 Å². The lowest BCUT2D eigenvalue weighted by molar-refractivity contribution is 0.370. The molecule has 1 atom stereocenters. The Labute approximate surface area is 89.2 Å². The number of nitrogens with zero attached hydrogens (tertiary/aromatic N) is 2. The first-order valence-electron chi connectivity index (χ1n) is 5.09. The molecule has 1 aliphatic carbocycles. The van der Waals surface area contributed by atoms with Crippen LogP contribution in [0.15, 0.2) is 48.3 Å². The van der Waals surface area contributed by atoms with Crippen molar-refractivity contribution in [3.63, 3.8) is 0 Å². The van der Waals surface area contributed by atoms with Crippen LogP contribution >= 0.6 is 0 Å². The zero-order valence-corrected chi connectivity index (χ0v) is 8.59. The summed E-state index contributed by atoms with van der Waals surface area (Å²) in [5.74, 6) is 0. The van der Waals surface area contributed by atoms with Crippen molar-refractivity contribution in [1.29, 1.82) is 0 Å². The number of allylic oxidation sites excluding steroid dienone is 2. The lowest BCUT2D eigenvalue weighted by atomic mass is 9.91. The molecule has 1 unspecified atom stereocenters. The van der Waals surface area contributed by atoms with E-state index in [2.05, 4.69) is 53.5 Å². The van der Waals surface area contributed by atoms with Gasteiger partial charge in [0.25, 0.3) is 0 Å². The lowest BCUT2D eigenvalue weighted by Crippen LogP contribution is -2.25. The summed E-state index contributed by atoms with van der Waals surface area (Å²) in [6.07, 6.45) is 12.5. The second-order valence-electron chi connectivity index (χ2n) is 3.89. The molecule has 2 heteroatoms. The zero-order chi connectivity index (χ0) is 10.3. The first-order valence-corrected chi connectivity index (χ1v) is 5.09. The van der Waals surface area contributed by atoms with Gasteiger partial charge >= 0.3 is 0 Å². The number of rotatable bonds is 0. The highest BCUT2D eigenvalue weighted by molar-refractivity contribution is 5.63. The molecule has 0 N–H and O–H groups in total. The summed E-state index contributed by atoms with van der Waals surface area (Å²) in [5.41, 5.74) is 3.69. The van der Waals surface area contributed by atoms with Crippen molar-refractivity contribution in [1.82, 2.24) is 9.88 Å². The van der Waals surface area contributed by atoms with Crippen molar-refractivity contribution < 1.29 is 0 Å². The molecule has 2 aliphatic rings. The molecule has 15 heavy (non-hydrogen) atoms. The molecule has 0 radical (unpaired) electrons. The Morgan fingerprint density at radius 3 is 3.20 bits per heavy atom. The van der Waals surface area contributed by atoms with Crippen LogP contribution in [-0.2, 0) is 0 Å².